The maximum Gasteiger partial charge on any atom is 0.349 e. The minimum Gasteiger partial charge on any atom is -0.493 e. The minimum atomic E-state index is -0.837. The van der Waals surface area contributed by atoms with Gasteiger partial charge in [-0.05, 0) is 47.0 Å². The molecule has 3 aromatic rings. The van der Waals surface area contributed by atoms with Gasteiger partial charge in [0.15, 0.2) is 18.1 Å². The lowest BCUT2D eigenvalue weighted by Crippen LogP contribution is -2.19. The molecule has 7 heteroatoms. The van der Waals surface area contributed by atoms with Crippen LogP contribution < -0.4 is 19.9 Å². The molecular formula is C28H26N2O5. The van der Waals surface area contributed by atoms with Crippen molar-refractivity contribution in [1.29, 1.82) is 5.26 Å². The summed E-state index contributed by atoms with van der Waals surface area (Å²) in [6.07, 6.45) is 1.32. The van der Waals surface area contributed by atoms with Gasteiger partial charge in [-0.2, -0.15) is 5.26 Å². The quantitative estimate of drug-likeness (QED) is 0.215. The average molecular weight is 471 g/mol. The second-order valence-electron chi connectivity index (χ2n) is 8.22. The van der Waals surface area contributed by atoms with Crippen LogP contribution in [-0.4, -0.2) is 25.6 Å². The molecule has 0 radical (unpaired) electrons. The SMILES string of the molecule is COc1cc(/C=C(\C#N)C(N)=O)ccc1OC(=O)COc1ccc(C(C)(C)c2ccccc2)cc1. The van der Waals surface area contributed by atoms with Crippen molar-refractivity contribution >= 4 is 18.0 Å². The Morgan fingerprint density at radius 2 is 1.63 bits per heavy atom. The number of primary amides is 1. The Morgan fingerprint density at radius 1 is 0.971 bits per heavy atom. The van der Waals surface area contributed by atoms with E-state index in [0.717, 1.165) is 5.56 Å². The summed E-state index contributed by atoms with van der Waals surface area (Å²) in [7, 11) is 1.41. The van der Waals surface area contributed by atoms with Gasteiger partial charge in [0.1, 0.15) is 17.4 Å². The zero-order valence-electron chi connectivity index (χ0n) is 19.8. The van der Waals surface area contributed by atoms with Crippen LogP contribution in [0.15, 0.2) is 78.4 Å². The van der Waals surface area contributed by atoms with Crippen LogP contribution in [0.2, 0.25) is 0 Å². The molecule has 178 valence electrons. The van der Waals surface area contributed by atoms with Crippen molar-refractivity contribution < 1.29 is 23.8 Å². The lowest BCUT2D eigenvalue weighted by molar-refractivity contribution is -0.136. The Hall–Kier alpha value is -4.57. The fraction of sp³-hybridized carbons (Fsp3) is 0.179. The summed E-state index contributed by atoms with van der Waals surface area (Å²) in [5.74, 6) is -0.486. The van der Waals surface area contributed by atoms with Crippen LogP contribution in [0.4, 0.5) is 0 Å². The summed E-state index contributed by atoms with van der Waals surface area (Å²) < 4.78 is 16.2. The number of nitriles is 1. The van der Waals surface area contributed by atoms with Crippen LogP contribution in [0, 0.1) is 11.3 Å². The van der Waals surface area contributed by atoms with Crippen LogP contribution in [0.5, 0.6) is 17.2 Å². The number of rotatable bonds is 9. The number of amides is 1. The van der Waals surface area contributed by atoms with E-state index >= 15 is 0 Å². The maximum absolute atomic E-state index is 12.3. The van der Waals surface area contributed by atoms with Crippen LogP contribution in [0.3, 0.4) is 0 Å². The van der Waals surface area contributed by atoms with E-state index in [1.165, 1.54) is 30.9 Å². The fourth-order valence-electron chi connectivity index (χ4n) is 3.47. The van der Waals surface area contributed by atoms with Crippen molar-refractivity contribution in [1.82, 2.24) is 0 Å². The van der Waals surface area contributed by atoms with Crippen molar-refractivity contribution in [3.8, 4) is 23.3 Å². The third-order valence-electron chi connectivity index (χ3n) is 5.54. The smallest absolute Gasteiger partial charge is 0.349 e. The monoisotopic (exact) mass is 470 g/mol. The van der Waals surface area contributed by atoms with E-state index in [0.29, 0.717) is 11.3 Å². The van der Waals surface area contributed by atoms with Crippen LogP contribution >= 0.6 is 0 Å². The summed E-state index contributed by atoms with van der Waals surface area (Å²) in [5, 5.41) is 8.98. The van der Waals surface area contributed by atoms with Gasteiger partial charge in [-0.3, -0.25) is 4.79 Å². The van der Waals surface area contributed by atoms with Crippen molar-refractivity contribution in [2.24, 2.45) is 5.73 Å². The molecule has 0 fully saturated rings. The number of hydrogen-bond donors (Lipinski definition) is 1. The Balaban J connectivity index is 1.63. The van der Waals surface area contributed by atoms with Gasteiger partial charge in [0.05, 0.1) is 7.11 Å². The maximum atomic E-state index is 12.3. The topological polar surface area (TPSA) is 112 Å². The van der Waals surface area contributed by atoms with Crippen LogP contribution in [-0.2, 0) is 15.0 Å². The first kappa shape index (κ1) is 25.1. The highest BCUT2D eigenvalue weighted by molar-refractivity contribution is 6.00. The normalized spacial score (nSPS) is 11.3. The molecule has 0 saturated heterocycles. The molecule has 0 aliphatic carbocycles. The van der Waals surface area contributed by atoms with E-state index in [2.05, 4.69) is 26.0 Å². The summed E-state index contributed by atoms with van der Waals surface area (Å²) in [6, 6.07) is 24.1. The largest absolute Gasteiger partial charge is 0.493 e. The Bertz CT molecular complexity index is 1270. The van der Waals surface area contributed by atoms with Crippen LogP contribution in [0.1, 0.15) is 30.5 Å². The Kier molecular flexibility index (Phi) is 7.90. The molecule has 0 spiro atoms. The highest BCUT2D eigenvalue weighted by atomic mass is 16.6. The highest BCUT2D eigenvalue weighted by Gasteiger charge is 2.22. The van der Waals surface area contributed by atoms with E-state index in [1.807, 2.05) is 42.5 Å². The van der Waals surface area contributed by atoms with Crippen molar-refractivity contribution in [2.75, 3.05) is 13.7 Å². The molecule has 0 aliphatic heterocycles. The molecule has 0 heterocycles. The Morgan fingerprint density at radius 3 is 2.23 bits per heavy atom. The minimum absolute atomic E-state index is 0.177. The number of carbonyl (C=O) groups excluding carboxylic acids is 2. The number of ether oxygens (including phenoxy) is 3. The standard InChI is InChI=1S/C28H26N2O5/c1-28(2,21-7-5-4-6-8-21)22-10-12-23(13-11-22)34-18-26(31)35-24-14-9-19(16-25(24)33-3)15-20(17-29)27(30)32/h4-16H,18H2,1-3H3,(H2,30,32)/b20-15+. The van der Waals surface area contributed by atoms with Crippen molar-refractivity contribution in [3.63, 3.8) is 0 Å². The van der Waals surface area contributed by atoms with Gasteiger partial charge in [0.25, 0.3) is 5.91 Å². The zero-order chi connectivity index (χ0) is 25.4. The van der Waals surface area contributed by atoms with Gasteiger partial charge in [-0.15, -0.1) is 0 Å². The van der Waals surface area contributed by atoms with E-state index in [-0.39, 0.29) is 29.1 Å². The lowest BCUT2D eigenvalue weighted by Gasteiger charge is -2.26. The number of esters is 1. The molecule has 0 saturated carbocycles. The molecule has 7 nitrogen and oxygen atoms in total. The van der Waals surface area contributed by atoms with Gasteiger partial charge in [-0.1, -0.05) is 62.4 Å². The number of nitrogens with two attached hydrogens (primary N) is 1. The van der Waals surface area contributed by atoms with E-state index in [9.17, 15) is 9.59 Å². The number of carbonyl (C=O) groups is 2. The molecular weight excluding hydrogens is 444 g/mol. The summed E-state index contributed by atoms with van der Waals surface area (Å²) >= 11 is 0. The molecule has 2 N–H and O–H groups in total. The first-order valence-corrected chi connectivity index (χ1v) is 10.8. The van der Waals surface area contributed by atoms with Crippen LogP contribution in [0.25, 0.3) is 6.08 Å². The third kappa shape index (κ3) is 6.27. The average Bonchev–Trinajstić information content (AvgIpc) is 2.87. The van der Waals surface area contributed by atoms with E-state index in [1.54, 1.807) is 12.1 Å². The van der Waals surface area contributed by atoms with Gasteiger partial charge < -0.3 is 19.9 Å². The van der Waals surface area contributed by atoms with Crippen molar-refractivity contribution in [3.05, 3.63) is 95.1 Å². The molecule has 0 aliphatic rings. The van der Waals surface area contributed by atoms with Gasteiger partial charge in [0, 0.05) is 5.41 Å². The first-order chi connectivity index (χ1) is 16.7. The molecule has 0 aromatic heterocycles. The van der Waals surface area contributed by atoms with E-state index < -0.39 is 11.9 Å². The highest BCUT2D eigenvalue weighted by Crippen LogP contribution is 2.32. The number of benzene rings is 3. The zero-order valence-corrected chi connectivity index (χ0v) is 19.8. The predicted molar refractivity (Wildman–Crippen MR) is 132 cm³/mol. The van der Waals surface area contributed by atoms with Crippen molar-refractivity contribution in [2.45, 2.75) is 19.3 Å². The fourth-order valence-corrected chi connectivity index (χ4v) is 3.47. The second-order valence-corrected chi connectivity index (χ2v) is 8.22. The number of methoxy groups -OCH3 is 1. The summed E-state index contributed by atoms with van der Waals surface area (Å²) in [4.78, 5) is 23.6. The molecule has 3 aromatic carbocycles. The summed E-state index contributed by atoms with van der Waals surface area (Å²) in [6.45, 7) is 4.00. The predicted octanol–water partition coefficient (Wildman–Crippen LogP) is 4.40. The molecule has 3 rings (SSSR count). The van der Waals surface area contributed by atoms with Gasteiger partial charge in [-0.25, -0.2) is 4.79 Å². The Labute approximate surface area is 204 Å². The second kappa shape index (κ2) is 11.0. The first-order valence-electron chi connectivity index (χ1n) is 10.8. The summed E-state index contributed by atoms with van der Waals surface area (Å²) in [5.41, 5.74) is 7.58. The molecule has 35 heavy (non-hydrogen) atoms. The lowest BCUT2D eigenvalue weighted by atomic mass is 9.78. The number of nitrogens with zero attached hydrogens (tertiary/aromatic N) is 1. The molecule has 0 bridgehead atoms. The number of hydrogen-bond acceptors (Lipinski definition) is 6. The molecule has 0 atom stereocenters. The molecule has 0 unspecified atom stereocenters. The molecule has 1 amide bonds. The third-order valence-corrected chi connectivity index (χ3v) is 5.54. The van der Waals surface area contributed by atoms with Gasteiger partial charge >= 0.3 is 5.97 Å². The van der Waals surface area contributed by atoms with Gasteiger partial charge in [0.2, 0.25) is 0 Å². The van der Waals surface area contributed by atoms with E-state index in [4.69, 9.17) is 25.2 Å².